The molecular formula is C15H14BrNO3. The maximum Gasteiger partial charge on any atom is 0.348 e. The summed E-state index contributed by atoms with van der Waals surface area (Å²) in [7, 11) is 0. The molecule has 1 aromatic carbocycles. The lowest BCUT2D eigenvalue weighted by Gasteiger charge is -2.08. The fourth-order valence-electron chi connectivity index (χ4n) is 1.41. The van der Waals surface area contributed by atoms with Gasteiger partial charge in [0.1, 0.15) is 24.0 Å². The molecule has 0 spiro atoms. The second-order valence-corrected chi connectivity index (χ2v) is 4.59. The van der Waals surface area contributed by atoms with Crippen molar-refractivity contribution in [1.29, 1.82) is 5.26 Å². The molecule has 1 rings (SSSR count). The molecule has 0 heterocycles. The monoisotopic (exact) mass is 335 g/mol. The Kier molecular flexibility index (Phi) is 6.54. The van der Waals surface area contributed by atoms with E-state index in [2.05, 4.69) is 22.5 Å². The van der Waals surface area contributed by atoms with E-state index in [9.17, 15) is 4.79 Å². The Hall–Kier alpha value is -2.06. The summed E-state index contributed by atoms with van der Waals surface area (Å²) in [5.41, 5.74) is 0.541. The Morgan fingerprint density at radius 2 is 2.30 bits per heavy atom. The van der Waals surface area contributed by atoms with Crippen LogP contribution in [0.4, 0.5) is 0 Å². The smallest absolute Gasteiger partial charge is 0.348 e. The van der Waals surface area contributed by atoms with E-state index in [0.29, 0.717) is 17.9 Å². The molecule has 0 radical (unpaired) electrons. The number of hydrogen-bond donors (Lipinski definition) is 0. The predicted octanol–water partition coefficient (Wildman–Crippen LogP) is 3.48. The molecule has 0 aliphatic heterocycles. The number of nitriles is 1. The summed E-state index contributed by atoms with van der Waals surface area (Å²) >= 11 is 3.34. The van der Waals surface area contributed by atoms with Crippen LogP contribution in [0.1, 0.15) is 12.5 Å². The van der Waals surface area contributed by atoms with Crippen LogP contribution in [0, 0.1) is 11.3 Å². The molecule has 0 saturated heterocycles. The minimum absolute atomic E-state index is 0.0756. The standard InChI is InChI=1S/C15H14BrNO3/c1-3-7-20-14-6-5-13(16)9-11(14)8-12(10-17)15(18)19-4-2/h3,5-6,8-9H,1,4,7H2,2H3/b12-8+. The molecule has 0 saturated carbocycles. The van der Waals surface area contributed by atoms with Crippen LogP contribution < -0.4 is 4.74 Å². The first-order chi connectivity index (χ1) is 9.62. The third-order valence-corrected chi connectivity index (χ3v) is 2.74. The van der Waals surface area contributed by atoms with Crippen molar-refractivity contribution in [3.8, 4) is 11.8 Å². The Balaban J connectivity index is 3.15. The third kappa shape index (κ3) is 4.56. The lowest BCUT2D eigenvalue weighted by molar-refractivity contribution is -0.137. The van der Waals surface area contributed by atoms with Gasteiger partial charge in [-0.3, -0.25) is 0 Å². The van der Waals surface area contributed by atoms with Crippen LogP contribution in [0.3, 0.4) is 0 Å². The Bertz CT molecular complexity index is 573. The topological polar surface area (TPSA) is 59.3 Å². The Morgan fingerprint density at radius 3 is 2.90 bits per heavy atom. The molecule has 0 aliphatic rings. The van der Waals surface area contributed by atoms with Gasteiger partial charge in [-0.2, -0.15) is 5.26 Å². The lowest BCUT2D eigenvalue weighted by Crippen LogP contribution is -2.06. The maximum atomic E-state index is 11.6. The molecule has 0 atom stereocenters. The molecule has 0 unspecified atom stereocenters. The number of carbonyl (C=O) groups excluding carboxylic acids is 1. The summed E-state index contributed by atoms with van der Waals surface area (Å²) < 4.78 is 11.1. The molecule has 0 fully saturated rings. The molecule has 0 amide bonds. The summed E-state index contributed by atoms with van der Waals surface area (Å²) in [6.45, 7) is 5.82. The highest BCUT2D eigenvalue weighted by atomic mass is 79.9. The highest BCUT2D eigenvalue weighted by molar-refractivity contribution is 9.10. The summed E-state index contributed by atoms with van der Waals surface area (Å²) in [5.74, 6) is -0.0882. The minimum atomic E-state index is -0.648. The molecule has 0 aliphatic carbocycles. The van der Waals surface area contributed by atoms with Gasteiger partial charge in [-0.05, 0) is 31.2 Å². The van der Waals surface area contributed by atoms with Crippen LogP contribution in [0.5, 0.6) is 5.75 Å². The van der Waals surface area contributed by atoms with Crippen molar-refractivity contribution in [3.05, 3.63) is 46.5 Å². The fourth-order valence-corrected chi connectivity index (χ4v) is 1.79. The second-order valence-electron chi connectivity index (χ2n) is 3.67. The van der Waals surface area contributed by atoms with Gasteiger partial charge >= 0.3 is 5.97 Å². The first-order valence-electron chi connectivity index (χ1n) is 5.94. The van der Waals surface area contributed by atoms with Crippen molar-refractivity contribution >= 4 is 28.0 Å². The lowest BCUT2D eigenvalue weighted by atomic mass is 10.1. The summed E-state index contributed by atoms with van der Waals surface area (Å²) in [6, 6.07) is 7.15. The van der Waals surface area contributed by atoms with E-state index < -0.39 is 5.97 Å². The summed E-state index contributed by atoms with van der Waals surface area (Å²) in [4.78, 5) is 11.6. The molecular weight excluding hydrogens is 322 g/mol. The van der Waals surface area contributed by atoms with E-state index >= 15 is 0 Å². The van der Waals surface area contributed by atoms with Gasteiger partial charge in [-0.25, -0.2) is 4.79 Å². The molecule has 4 nitrogen and oxygen atoms in total. The average molecular weight is 336 g/mol. The van der Waals surface area contributed by atoms with Crippen LogP contribution in [-0.4, -0.2) is 19.2 Å². The number of benzene rings is 1. The number of esters is 1. The number of rotatable bonds is 6. The van der Waals surface area contributed by atoms with Crippen LogP contribution in [-0.2, 0) is 9.53 Å². The average Bonchev–Trinajstić information content (AvgIpc) is 2.44. The summed E-state index contributed by atoms with van der Waals surface area (Å²) in [6.07, 6.45) is 3.06. The van der Waals surface area contributed by atoms with Crippen molar-refractivity contribution in [1.82, 2.24) is 0 Å². The van der Waals surface area contributed by atoms with E-state index in [1.165, 1.54) is 6.08 Å². The molecule has 104 valence electrons. The van der Waals surface area contributed by atoms with Gasteiger partial charge in [0.2, 0.25) is 0 Å². The van der Waals surface area contributed by atoms with Crippen molar-refractivity contribution in [2.75, 3.05) is 13.2 Å². The Labute approximate surface area is 126 Å². The van der Waals surface area contributed by atoms with Gasteiger partial charge in [0, 0.05) is 10.0 Å². The molecule has 1 aromatic rings. The zero-order valence-electron chi connectivity index (χ0n) is 11.1. The number of ether oxygens (including phenoxy) is 2. The van der Waals surface area contributed by atoms with Crippen molar-refractivity contribution in [2.45, 2.75) is 6.92 Å². The predicted molar refractivity (Wildman–Crippen MR) is 80.1 cm³/mol. The van der Waals surface area contributed by atoms with Gasteiger partial charge in [0.25, 0.3) is 0 Å². The normalized spacial score (nSPS) is 10.6. The first kappa shape index (κ1) is 16.0. The molecule has 0 N–H and O–H groups in total. The largest absolute Gasteiger partial charge is 0.489 e. The third-order valence-electron chi connectivity index (χ3n) is 2.24. The van der Waals surface area contributed by atoms with Gasteiger partial charge in [0.05, 0.1) is 6.61 Å². The minimum Gasteiger partial charge on any atom is -0.489 e. The van der Waals surface area contributed by atoms with E-state index in [1.54, 1.807) is 25.1 Å². The van der Waals surface area contributed by atoms with E-state index in [4.69, 9.17) is 14.7 Å². The highest BCUT2D eigenvalue weighted by Crippen LogP contribution is 2.25. The number of hydrogen-bond acceptors (Lipinski definition) is 4. The van der Waals surface area contributed by atoms with Gasteiger partial charge in [-0.15, -0.1) is 0 Å². The molecule has 0 bridgehead atoms. The number of halogens is 1. The van der Waals surface area contributed by atoms with E-state index in [1.807, 2.05) is 12.1 Å². The Morgan fingerprint density at radius 1 is 1.55 bits per heavy atom. The SMILES string of the molecule is C=CCOc1ccc(Br)cc1/C=C(\C#N)C(=O)OCC. The zero-order valence-corrected chi connectivity index (χ0v) is 12.6. The van der Waals surface area contributed by atoms with Crippen molar-refractivity contribution in [2.24, 2.45) is 0 Å². The van der Waals surface area contributed by atoms with Crippen molar-refractivity contribution < 1.29 is 14.3 Å². The van der Waals surface area contributed by atoms with Crippen LogP contribution in [0.15, 0.2) is 40.9 Å². The van der Waals surface area contributed by atoms with Gasteiger partial charge in [0.15, 0.2) is 0 Å². The van der Waals surface area contributed by atoms with E-state index in [-0.39, 0.29) is 12.2 Å². The van der Waals surface area contributed by atoms with Gasteiger partial charge in [-0.1, -0.05) is 28.6 Å². The maximum absolute atomic E-state index is 11.6. The van der Waals surface area contributed by atoms with Crippen LogP contribution in [0.2, 0.25) is 0 Å². The fraction of sp³-hybridized carbons (Fsp3) is 0.200. The quantitative estimate of drug-likeness (QED) is 0.345. The van der Waals surface area contributed by atoms with Crippen LogP contribution >= 0.6 is 15.9 Å². The summed E-state index contributed by atoms with van der Waals surface area (Å²) in [5, 5.41) is 9.03. The first-order valence-corrected chi connectivity index (χ1v) is 6.73. The molecule has 20 heavy (non-hydrogen) atoms. The highest BCUT2D eigenvalue weighted by Gasteiger charge is 2.12. The van der Waals surface area contributed by atoms with Crippen LogP contribution in [0.25, 0.3) is 6.08 Å². The second kappa shape index (κ2) is 8.18. The molecule has 5 heteroatoms. The van der Waals surface area contributed by atoms with Gasteiger partial charge < -0.3 is 9.47 Å². The van der Waals surface area contributed by atoms with Crippen molar-refractivity contribution in [3.63, 3.8) is 0 Å². The van der Waals surface area contributed by atoms with E-state index in [0.717, 1.165) is 4.47 Å². The zero-order chi connectivity index (χ0) is 15.0. The number of nitrogens with zero attached hydrogens (tertiary/aromatic N) is 1. The molecule has 0 aromatic heterocycles. The number of carbonyl (C=O) groups is 1.